The van der Waals surface area contributed by atoms with Crippen LogP contribution in [-0.4, -0.2) is 17.9 Å². The third-order valence-corrected chi connectivity index (χ3v) is 2.17. The van der Waals surface area contributed by atoms with Gasteiger partial charge in [-0.05, 0) is 19.3 Å². The smallest absolute Gasteiger partial charge is 0.254 e. The number of hydrogen-bond donors (Lipinski definition) is 3. The zero-order valence-corrected chi connectivity index (χ0v) is 7.83. The molecule has 0 saturated heterocycles. The van der Waals surface area contributed by atoms with Crippen molar-refractivity contribution < 1.29 is 9.59 Å². The molecule has 0 heterocycles. The summed E-state index contributed by atoms with van der Waals surface area (Å²) in [7, 11) is 0. The minimum atomic E-state index is -0.600. The van der Waals surface area contributed by atoms with Crippen LogP contribution in [-0.2, 0) is 9.59 Å². The highest BCUT2D eigenvalue weighted by atomic mass is 16.2. The molecule has 0 aliphatic heterocycles. The fourth-order valence-corrected chi connectivity index (χ4v) is 1.02. The lowest BCUT2D eigenvalue weighted by atomic mass is 10.3. The largest absolute Gasteiger partial charge is 0.320 e. The predicted molar refractivity (Wildman–Crippen MR) is 47.2 cm³/mol. The van der Waals surface area contributed by atoms with E-state index in [1.807, 2.05) is 6.92 Å². The van der Waals surface area contributed by atoms with Crippen LogP contribution in [0.25, 0.3) is 0 Å². The van der Waals surface area contributed by atoms with Gasteiger partial charge >= 0.3 is 0 Å². The molecule has 1 aliphatic carbocycles. The summed E-state index contributed by atoms with van der Waals surface area (Å²) in [6, 6.07) is -0.600. The number of rotatable bonds is 2. The Bertz CT molecular complexity index is 227. The molecule has 1 fully saturated rings. The summed E-state index contributed by atoms with van der Waals surface area (Å²) < 4.78 is 0. The lowest BCUT2D eigenvalue weighted by molar-refractivity contribution is -0.130. The van der Waals surface area contributed by atoms with Crippen LogP contribution in [0.1, 0.15) is 20.3 Å². The maximum atomic E-state index is 11.2. The summed E-state index contributed by atoms with van der Waals surface area (Å²) >= 11 is 0. The molecule has 4 N–H and O–H groups in total. The first-order valence-corrected chi connectivity index (χ1v) is 4.37. The highest BCUT2D eigenvalue weighted by Gasteiger charge is 2.39. The molecule has 13 heavy (non-hydrogen) atoms. The highest BCUT2D eigenvalue weighted by Crippen LogP contribution is 2.37. The van der Waals surface area contributed by atoms with Gasteiger partial charge in [-0.2, -0.15) is 0 Å². The first-order valence-electron chi connectivity index (χ1n) is 4.37. The van der Waals surface area contributed by atoms with Crippen molar-refractivity contribution in [3.05, 3.63) is 0 Å². The van der Waals surface area contributed by atoms with Gasteiger partial charge in [0, 0.05) is 5.92 Å². The number of carbonyl (C=O) groups excluding carboxylic acids is 2. The Balaban J connectivity index is 2.19. The van der Waals surface area contributed by atoms with Crippen LogP contribution < -0.4 is 16.6 Å². The van der Waals surface area contributed by atoms with Crippen LogP contribution in [0.15, 0.2) is 0 Å². The van der Waals surface area contributed by atoms with Gasteiger partial charge in [-0.15, -0.1) is 0 Å². The quantitative estimate of drug-likeness (QED) is 0.489. The normalized spacial score (nSPS) is 27.6. The van der Waals surface area contributed by atoms with Gasteiger partial charge in [-0.3, -0.25) is 20.4 Å². The number of hydrogen-bond acceptors (Lipinski definition) is 3. The molecule has 0 bridgehead atoms. The second-order valence-corrected chi connectivity index (χ2v) is 3.59. The van der Waals surface area contributed by atoms with Crippen LogP contribution in [0, 0.1) is 11.8 Å². The maximum Gasteiger partial charge on any atom is 0.254 e. The van der Waals surface area contributed by atoms with Crippen molar-refractivity contribution in [1.82, 2.24) is 10.9 Å². The topological polar surface area (TPSA) is 84.2 Å². The molecule has 0 aromatic carbocycles. The Morgan fingerprint density at radius 2 is 2.00 bits per heavy atom. The Hall–Kier alpha value is -1.10. The van der Waals surface area contributed by atoms with E-state index in [2.05, 4.69) is 10.9 Å². The molecule has 5 nitrogen and oxygen atoms in total. The van der Waals surface area contributed by atoms with E-state index in [0.717, 1.165) is 6.42 Å². The zero-order valence-electron chi connectivity index (χ0n) is 7.83. The van der Waals surface area contributed by atoms with Crippen molar-refractivity contribution in [2.75, 3.05) is 0 Å². The number of carbonyl (C=O) groups is 2. The second kappa shape index (κ2) is 3.74. The van der Waals surface area contributed by atoms with Crippen molar-refractivity contribution in [3.8, 4) is 0 Å². The molecule has 0 aromatic heterocycles. The lowest BCUT2D eigenvalue weighted by Crippen LogP contribution is -2.48. The van der Waals surface area contributed by atoms with E-state index in [0.29, 0.717) is 5.92 Å². The van der Waals surface area contributed by atoms with Crippen LogP contribution in [0.5, 0.6) is 0 Å². The van der Waals surface area contributed by atoms with Crippen LogP contribution in [0.4, 0.5) is 0 Å². The molecule has 5 heteroatoms. The molecule has 1 saturated carbocycles. The lowest BCUT2D eigenvalue weighted by Gasteiger charge is -2.08. The number of amides is 2. The standard InChI is InChI=1S/C8H15N3O2/c1-4-3-6(4)8(13)11-10-7(12)5(2)9/h4-6H,3,9H2,1-2H3,(H,10,12)(H,11,13)/t4?,5-,6?/m1/s1. The SMILES string of the molecule is CC1CC1C(=O)NNC(=O)[C@@H](C)N. The minimum Gasteiger partial charge on any atom is -0.320 e. The molecular formula is C8H15N3O2. The summed E-state index contributed by atoms with van der Waals surface area (Å²) in [4.78, 5) is 22.1. The van der Waals surface area contributed by atoms with E-state index in [-0.39, 0.29) is 17.7 Å². The van der Waals surface area contributed by atoms with Crippen molar-refractivity contribution in [2.45, 2.75) is 26.3 Å². The molecular weight excluding hydrogens is 170 g/mol. The van der Waals surface area contributed by atoms with Crippen LogP contribution in [0.2, 0.25) is 0 Å². The van der Waals surface area contributed by atoms with E-state index in [9.17, 15) is 9.59 Å². The third kappa shape index (κ3) is 2.69. The van der Waals surface area contributed by atoms with E-state index in [1.165, 1.54) is 0 Å². The fraction of sp³-hybridized carbons (Fsp3) is 0.750. The molecule has 0 radical (unpaired) electrons. The van der Waals surface area contributed by atoms with Gasteiger partial charge in [-0.1, -0.05) is 6.92 Å². The molecule has 3 atom stereocenters. The van der Waals surface area contributed by atoms with Gasteiger partial charge in [-0.25, -0.2) is 0 Å². The third-order valence-electron chi connectivity index (χ3n) is 2.17. The second-order valence-electron chi connectivity index (χ2n) is 3.59. The van der Waals surface area contributed by atoms with E-state index < -0.39 is 6.04 Å². The average molecular weight is 185 g/mol. The zero-order chi connectivity index (χ0) is 10.0. The predicted octanol–water partition coefficient (Wildman–Crippen LogP) is -0.863. The van der Waals surface area contributed by atoms with Crippen LogP contribution in [0.3, 0.4) is 0 Å². The molecule has 1 aliphatic rings. The fourth-order valence-electron chi connectivity index (χ4n) is 1.02. The highest BCUT2D eigenvalue weighted by molar-refractivity contribution is 5.86. The van der Waals surface area contributed by atoms with Crippen molar-refractivity contribution in [2.24, 2.45) is 17.6 Å². The molecule has 74 valence electrons. The van der Waals surface area contributed by atoms with Crippen LogP contribution >= 0.6 is 0 Å². The minimum absolute atomic E-state index is 0.0633. The van der Waals surface area contributed by atoms with E-state index in [4.69, 9.17) is 5.73 Å². The Morgan fingerprint density at radius 1 is 1.46 bits per heavy atom. The summed E-state index contributed by atoms with van der Waals surface area (Å²) in [5, 5.41) is 0. The summed E-state index contributed by atoms with van der Waals surface area (Å²) in [5.74, 6) is 0.00346. The van der Waals surface area contributed by atoms with Crippen molar-refractivity contribution >= 4 is 11.8 Å². The Labute approximate surface area is 77.0 Å². The first-order chi connectivity index (χ1) is 6.02. The van der Waals surface area contributed by atoms with Crippen molar-refractivity contribution in [3.63, 3.8) is 0 Å². The molecule has 2 amide bonds. The number of nitrogens with one attached hydrogen (secondary N) is 2. The molecule has 2 unspecified atom stereocenters. The Kier molecular flexibility index (Phi) is 2.87. The van der Waals surface area contributed by atoms with E-state index >= 15 is 0 Å². The van der Waals surface area contributed by atoms with Gasteiger partial charge in [0.15, 0.2) is 0 Å². The molecule has 0 spiro atoms. The van der Waals surface area contributed by atoms with Gasteiger partial charge in [0.25, 0.3) is 5.91 Å². The van der Waals surface area contributed by atoms with Gasteiger partial charge in [0.2, 0.25) is 5.91 Å². The van der Waals surface area contributed by atoms with E-state index in [1.54, 1.807) is 6.92 Å². The Morgan fingerprint density at radius 3 is 2.38 bits per heavy atom. The van der Waals surface area contributed by atoms with Gasteiger partial charge in [0.05, 0.1) is 6.04 Å². The summed E-state index contributed by atoms with van der Waals surface area (Å²) in [5.41, 5.74) is 9.88. The average Bonchev–Trinajstić information content (AvgIpc) is 2.77. The maximum absolute atomic E-state index is 11.2. The molecule has 0 aromatic rings. The number of nitrogens with two attached hydrogens (primary N) is 1. The summed E-state index contributed by atoms with van der Waals surface area (Å²) in [6.45, 7) is 3.55. The van der Waals surface area contributed by atoms with Crippen molar-refractivity contribution in [1.29, 1.82) is 0 Å². The first kappa shape index (κ1) is 9.98. The van der Waals surface area contributed by atoms with Gasteiger partial charge < -0.3 is 5.73 Å². The molecule has 1 rings (SSSR count). The van der Waals surface area contributed by atoms with Gasteiger partial charge in [0.1, 0.15) is 0 Å². The summed E-state index contributed by atoms with van der Waals surface area (Å²) in [6.07, 6.45) is 0.903. The monoisotopic (exact) mass is 185 g/mol. The number of hydrazine groups is 1.